The van der Waals surface area contributed by atoms with Gasteiger partial charge in [0.05, 0.1) is 17.5 Å². The molecular weight excluding hydrogens is 615 g/mol. The fraction of sp³-hybridized carbons (Fsp3) is 0.400. The number of benzene rings is 3. The molecule has 0 aromatic heterocycles. The van der Waals surface area contributed by atoms with Gasteiger partial charge in [-0.15, -0.1) is 0 Å². The van der Waals surface area contributed by atoms with E-state index < -0.39 is 75.8 Å². The van der Waals surface area contributed by atoms with E-state index in [1.165, 1.54) is 0 Å². The van der Waals surface area contributed by atoms with Gasteiger partial charge in [0.2, 0.25) is 0 Å². The van der Waals surface area contributed by atoms with Crippen LogP contribution in [0, 0.1) is 5.92 Å². The molecule has 1 N–H and O–H groups in total. The minimum atomic E-state index is -5.89. The Morgan fingerprint density at radius 2 is 1.51 bits per heavy atom. The average molecular weight is 648 g/mol. The number of halogens is 5. The SMILES string of the molecule is CC(C)C1OC(C)(c2ccc([S+](c3ccccc3)c3ccc(OCCC(F)C(F)(F)S(=O)(=O)O)cc3)cc2)OCC1(F)F. The second-order valence-corrected chi connectivity index (χ2v) is 14.1. The van der Waals surface area contributed by atoms with Gasteiger partial charge in [-0.2, -0.15) is 17.2 Å². The summed E-state index contributed by atoms with van der Waals surface area (Å²) in [6, 6.07) is 23.6. The molecule has 0 saturated carbocycles. The van der Waals surface area contributed by atoms with E-state index in [0.717, 1.165) is 14.7 Å². The van der Waals surface area contributed by atoms with Gasteiger partial charge in [0.25, 0.3) is 5.92 Å². The van der Waals surface area contributed by atoms with Gasteiger partial charge in [-0.25, -0.2) is 13.2 Å². The third-order valence-electron chi connectivity index (χ3n) is 6.92. The van der Waals surface area contributed by atoms with Crippen LogP contribution in [0.5, 0.6) is 5.75 Å². The van der Waals surface area contributed by atoms with Gasteiger partial charge in [0.15, 0.2) is 26.6 Å². The van der Waals surface area contributed by atoms with Gasteiger partial charge >= 0.3 is 15.4 Å². The molecule has 4 rings (SSSR count). The van der Waals surface area contributed by atoms with Crippen molar-refractivity contribution in [3.8, 4) is 5.75 Å². The highest BCUT2D eigenvalue weighted by molar-refractivity contribution is 7.97. The maximum atomic E-state index is 14.4. The first-order valence-electron chi connectivity index (χ1n) is 13.4. The van der Waals surface area contributed by atoms with E-state index in [2.05, 4.69) is 0 Å². The van der Waals surface area contributed by atoms with Crippen LogP contribution in [0.3, 0.4) is 0 Å². The summed E-state index contributed by atoms with van der Waals surface area (Å²) in [5.41, 5.74) is 0.587. The zero-order valence-electron chi connectivity index (χ0n) is 23.6. The molecule has 0 spiro atoms. The molecule has 4 unspecified atom stereocenters. The lowest BCUT2D eigenvalue weighted by Gasteiger charge is -2.44. The van der Waals surface area contributed by atoms with Crippen molar-refractivity contribution in [3.05, 3.63) is 84.4 Å². The highest BCUT2D eigenvalue weighted by atomic mass is 32.2. The summed E-state index contributed by atoms with van der Waals surface area (Å²) < 4.78 is 116. The Morgan fingerprint density at radius 3 is 2.05 bits per heavy atom. The Kier molecular flexibility index (Phi) is 9.82. The van der Waals surface area contributed by atoms with Crippen LogP contribution in [0.25, 0.3) is 0 Å². The summed E-state index contributed by atoms with van der Waals surface area (Å²) in [6.07, 6.45) is -5.41. The van der Waals surface area contributed by atoms with Gasteiger partial charge in [-0.05, 0) is 73.5 Å². The van der Waals surface area contributed by atoms with Crippen molar-refractivity contribution in [1.29, 1.82) is 0 Å². The molecule has 1 aliphatic heterocycles. The zero-order chi connectivity index (χ0) is 31.6. The topological polar surface area (TPSA) is 82.1 Å². The minimum Gasteiger partial charge on any atom is -0.493 e. The first-order valence-corrected chi connectivity index (χ1v) is 16.0. The summed E-state index contributed by atoms with van der Waals surface area (Å²) in [6.45, 7) is 3.66. The second kappa shape index (κ2) is 12.7. The second-order valence-electron chi connectivity index (χ2n) is 10.5. The molecule has 13 heteroatoms. The molecule has 234 valence electrons. The van der Waals surface area contributed by atoms with Crippen LogP contribution in [0.4, 0.5) is 22.0 Å². The number of alkyl halides is 5. The Labute approximate surface area is 250 Å². The van der Waals surface area contributed by atoms with Gasteiger partial charge < -0.3 is 14.2 Å². The number of hydrogen-bond acceptors (Lipinski definition) is 5. The van der Waals surface area contributed by atoms with Crippen molar-refractivity contribution in [2.75, 3.05) is 13.2 Å². The maximum Gasteiger partial charge on any atom is 0.400 e. The summed E-state index contributed by atoms with van der Waals surface area (Å²) in [7, 11) is -6.52. The molecule has 0 aliphatic carbocycles. The Bertz CT molecular complexity index is 1470. The van der Waals surface area contributed by atoms with Crippen LogP contribution >= 0.6 is 0 Å². The summed E-state index contributed by atoms with van der Waals surface area (Å²) in [5, 5.41) is -4.94. The van der Waals surface area contributed by atoms with Gasteiger partial charge in [-0.1, -0.05) is 32.0 Å². The predicted octanol–water partition coefficient (Wildman–Crippen LogP) is 7.25. The molecule has 43 heavy (non-hydrogen) atoms. The molecule has 4 atom stereocenters. The number of rotatable bonds is 11. The molecule has 1 heterocycles. The third-order valence-corrected chi connectivity index (χ3v) is 10.1. The van der Waals surface area contributed by atoms with Crippen molar-refractivity contribution in [2.24, 2.45) is 5.92 Å². The highest BCUT2D eigenvalue weighted by Gasteiger charge is 2.53. The van der Waals surface area contributed by atoms with Crippen LogP contribution in [-0.4, -0.2) is 49.6 Å². The molecule has 3 aromatic rings. The fourth-order valence-corrected chi connectivity index (χ4v) is 7.10. The number of hydrogen-bond donors (Lipinski definition) is 1. The molecule has 1 aliphatic rings. The Balaban J connectivity index is 1.53. The Hall–Kier alpha value is -2.71. The van der Waals surface area contributed by atoms with Crippen LogP contribution in [-0.2, 0) is 36.3 Å². The lowest BCUT2D eigenvalue weighted by molar-refractivity contribution is -0.368. The predicted molar refractivity (Wildman–Crippen MR) is 151 cm³/mol. The van der Waals surface area contributed by atoms with E-state index in [-0.39, 0.29) is 5.75 Å². The van der Waals surface area contributed by atoms with E-state index >= 15 is 0 Å². The molecule has 0 amide bonds. The van der Waals surface area contributed by atoms with Gasteiger partial charge in [0, 0.05) is 12.0 Å². The van der Waals surface area contributed by atoms with E-state index in [9.17, 15) is 30.4 Å². The highest BCUT2D eigenvalue weighted by Crippen LogP contribution is 2.42. The molecule has 6 nitrogen and oxygen atoms in total. The largest absolute Gasteiger partial charge is 0.493 e. The summed E-state index contributed by atoms with van der Waals surface area (Å²) >= 11 is 0. The van der Waals surface area contributed by atoms with Crippen molar-refractivity contribution in [2.45, 2.75) is 71.1 Å². The van der Waals surface area contributed by atoms with E-state index in [0.29, 0.717) is 5.56 Å². The third kappa shape index (κ3) is 7.34. The van der Waals surface area contributed by atoms with Crippen molar-refractivity contribution in [1.82, 2.24) is 0 Å². The van der Waals surface area contributed by atoms with E-state index in [1.807, 2.05) is 42.5 Å². The minimum absolute atomic E-state index is 0.245. The first kappa shape index (κ1) is 33.2. The van der Waals surface area contributed by atoms with Crippen molar-refractivity contribution in [3.63, 3.8) is 0 Å². The zero-order valence-corrected chi connectivity index (χ0v) is 25.2. The molecule has 1 fully saturated rings. The van der Waals surface area contributed by atoms with Crippen molar-refractivity contribution >= 4 is 21.0 Å². The average Bonchev–Trinajstić information content (AvgIpc) is 2.95. The normalized spacial score (nSPS) is 22.2. The van der Waals surface area contributed by atoms with Crippen molar-refractivity contribution < 1.29 is 49.1 Å². The number of ether oxygens (including phenoxy) is 3. The molecular formula is C30H32F5O6S2+. The van der Waals surface area contributed by atoms with Crippen LogP contribution in [0.1, 0.15) is 32.8 Å². The lowest BCUT2D eigenvalue weighted by atomic mass is 9.97. The lowest BCUT2D eigenvalue weighted by Crippen LogP contribution is -2.54. The van der Waals surface area contributed by atoms with Crippen LogP contribution in [0.15, 0.2) is 93.5 Å². The van der Waals surface area contributed by atoms with Crippen LogP contribution < -0.4 is 4.74 Å². The molecule has 3 aromatic carbocycles. The van der Waals surface area contributed by atoms with E-state index in [4.69, 9.17) is 18.8 Å². The maximum absolute atomic E-state index is 14.4. The van der Waals surface area contributed by atoms with Crippen LogP contribution in [0.2, 0.25) is 0 Å². The quantitative estimate of drug-likeness (QED) is 0.134. The monoisotopic (exact) mass is 647 g/mol. The first-order chi connectivity index (χ1) is 20.0. The molecule has 0 radical (unpaired) electrons. The van der Waals surface area contributed by atoms with Gasteiger partial charge in [0.1, 0.15) is 18.5 Å². The van der Waals surface area contributed by atoms with Gasteiger partial charge in [-0.3, -0.25) is 4.55 Å². The molecule has 0 bridgehead atoms. The summed E-state index contributed by atoms with van der Waals surface area (Å²) in [4.78, 5) is 2.75. The standard InChI is InChI=1S/C30H31F5O6S2/c1-20(2)27-29(32,33)19-40-28(3,41-27)21-9-13-24(14-10-21)42(23-7-5-4-6-8-23)25-15-11-22(12-16-25)39-18-17-26(31)30(34,35)43(36,37)38/h4-16,20,26-27H,17-19H2,1-3H3/p+1. The van der Waals surface area contributed by atoms with E-state index in [1.54, 1.807) is 57.2 Å². The smallest absolute Gasteiger partial charge is 0.400 e. The fourth-order valence-electron chi connectivity index (χ4n) is 4.59. The summed E-state index contributed by atoms with van der Waals surface area (Å²) in [5.74, 6) is -4.65. The molecule has 1 saturated heterocycles. The Morgan fingerprint density at radius 1 is 0.977 bits per heavy atom.